The quantitative estimate of drug-likeness (QED) is 0.0845. The van der Waals surface area contributed by atoms with Gasteiger partial charge in [-0.2, -0.15) is 18.3 Å². The van der Waals surface area contributed by atoms with Crippen LogP contribution in [0.4, 0.5) is 18.9 Å². The van der Waals surface area contributed by atoms with Gasteiger partial charge in [-0.3, -0.25) is 14.6 Å². The number of fused-ring (bicyclic) bond motifs is 2. The summed E-state index contributed by atoms with van der Waals surface area (Å²) in [6, 6.07) is 16.8. The average Bonchev–Trinajstić information content (AvgIpc) is 3.96. The number of piperazine rings is 1. The first-order valence-corrected chi connectivity index (χ1v) is 20.7. The molecule has 8 rings (SSSR count). The zero-order valence-electron chi connectivity index (χ0n) is 35.4. The third kappa shape index (κ3) is 14.7. The van der Waals surface area contributed by atoms with Gasteiger partial charge in [-0.25, -0.2) is 5.01 Å². The fraction of sp³-hybridized carbons (Fsp3) is 0.378. The molecule has 2 aliphatic carbocycles. The molecule has 3 aliphatic heterocycles. The van der Waals surface area contributed by atoms with Gasteiger partial charge in [-0.15, -0.1) is 13.2 Å². The molecule has 3 aromatic carbocycles. The highest BCUT2D eigenvalue weighted by atomic mass is 32.2. The molecule has 4 N–H and O–H groups in total. The minimum atomic E-state index is -4.18. The molecule has 330 valence electrons. The summed E-state index contributed by atoms with van der Waals surface area (Å²) in [5.74, 6) is 1.57. The topological polar surface area (TPSA) is 137 Å². The molecule has 2 amide bonds. The number of aliphatic imine (C=N–C) groups is 1. The van der Waals surface area contributed by atoms with E-state index in [-0.39, 0.29) is 12.3 Å². The van der Waals surface area contributed by atoms with Crippen LogP contribution in [0.1, 0.15) is 59.6 Å². The van der Waals surface area contributed by atoms with Crippen LogP contribution in [0.2, 0.25) is 0 Å². The highest BCUT2D eigenvalue weighted by molar-refractivity contribution is 8.01. The predicted octanol–water partition coefficient (Wildman–Crippen LogP) is 8.04. The molecule has 0 spiro atoms. The third-order valence-electron chi connectivity index (χ3n) is 9.88. The number of anilines is 1. The number of primary amides is 1. The first-order chi connectivity index (χ1) is 29.4. The normalized spacial score (nSPS) is 15.9. The van der Waals surface area contributed by atoms with E-state index in [1.54, 1.807) is 6.07 Å². The number of carbonyl (C=O) groups is 2. The molecule has 0 aromatic heterocycles. The number of hydrazone groups is 1. The van der Waals surface area contributed by atoms with E-state index in [9.17, 15) is 18.0 Å². The molecule has 12 nitrogen and oxygen atoms in total. The van der Waals surface area contributed by atoms with Crippen LogP contribution in [0.25, 0.3) is 6.08 Å². The Morgan fingerprint density at radius 3 is 2.23 bits per heavy atom. The number of para-hydroxylation sites is 1. The lowest BCUT2D eigenvalue weighted by molar-refractivity contribution is -0.138. The Balaban J connectivity index is 0.000000211. The molecule has 0 atom stereocenters. The van der Waals surface area contributed by atoms with Gasteiger partial charge in [0.1, 0.15) is 12.4 Å². The minimum absolute atomic E-state index is 0.0369. The fourth-order valence-electron chi connectivity index (χ4n) is 6.39. The van der Waals surface area contributed by atoms with E-state index in [4.69, 9.17) is 14.3 Å². The summed E-state index contributed by atoms with van der Waals surface area (Å²) >= 11 is 1.83. The van der Waals surface area contributed by atoms with Gasteiger partial charge in [0, 0.05) is 43.8 Å². The molecule has 1 saturated heterocycles. The van der Waals surface area contributed by atoms with Gasteiger partial charge in [0.15, 0.2) is 11.5 Å². The van der Waals surface area contributed by atoms with E-state index in [1.165, 1.54) is 35.2 Å². The summed E-state index contributed by atoms with van der Waals surface area (Å²) in [5, 5.41) is 9.22. The number of likely N-dealkylation sites (N-methyl/N-ethyl adjacent to an activating group) is 1. The molecule has 2 fully saturated rings. The monoisotopic (exact) mass is 864 g/mol. The zero-order chi connectivity index (χ0) is 45.0. The Morgan fingerprint density at radius 1 is 1.00 bits per heavy atom. The van der Waals surface area contributed by atoms with Gasteiger partial charge in [-0.1, -0.05) is 49.9 Å². The second-order valence-corrected chi connectivity index (χ2v) is 15.1. The number of alkyl halides is 3. The number of aryl methyl sites for hydroxylation is 1. The Labute approximate surface area is 362 Å². The molecule has 1 saturated carbocycles. The number of nitrogens with one attached hydrogen (secondary N) is 2. The highest BCUT2D eigenvalue weighted by Gasteiger charge is 2.36. The standard InChI is InChI=1S/C12H21N5O.C11H13NS.C10H9F3.C9H9NO2.C2H4.CH3NO/c1-4-10-11(12(18)17(13-2)9-14-10)16-7-5-15(3)6-8-16;1-2-9-5-3-4-6-11(9)12-13-10-7-8-10;1-6-2-5-9(10(11,12)13)8-4-3-7(6)8;1-10-5-7-2-3-8-9(4-7)12-6-11-8;1-2;2-1-3/h14H,2,4-9H2,1,3H3;2-6,10,12H,1,7-8H2;2,5H,3-4H2,1H3;2-4H,1,5-6H2;1-2H2;1H,(H2,2,3). The van der Waals surface area contributed by atoms with Crippen molar-refractivity contribution in [3.8, 4) is 11.5 Å². The average molecular weight is 865 g/mol. The molecule has 0 radical (unpaired) electrons. The number of carbonyl (C=O) groups excluding carboxylic acids is 2. The number of nitrogens with zero attached hydrogens (tertiary/aromatic N) is 5. The molecular formula is C45H59F3N8O4S. The van der Waals surface area contributed by atoms with Gasteiger partial charge in [-0.05, 0) is 117 Å². The number of nitrogens with two attached hydrogens (primary N) is 1. The summed E-state index contributed by atoms with van der Waals surface area (Å²) in [5.41, 5.74) is 11.3. The maximum Gasteiger partial charge on any atom is 0.416 e. The van der Waals surface area contributed by atoms with Crippen LogP contribution in [0.3, 0.4) is 0 Å². The van der Waals surface area contributed by atoms with Crippen molar-refractivity contribution in [2.75, 3.05) is 51.4 Å². The lowest BCUT2D eigenvalue weighted by Gasteiger charge is -2.39. The fourth-order valence-corrected chi connectivity index (χ4v) is 7.24. The summed E-state index contributed by atoms with van der Waals surface area (Å²) in [7, 11) is 2.10. The number of hydrogen-bond acceptors (Lipinski definition) is 11. The van der Waals surface area contributed by atoms with E-state index >= 15 is 0 Å². The molecular weight excluding hydrogens is 806 g/mol. The Hall–Kier alpha value is -5.74. The number of amides is 2. The van der Waals surface area contributed by atoms with Crippen LogP contribution in [0, 0.1) is 6.92 Å². The molecule has 61 heavy (non-hydrogen) atoms. The van der Waals surface area contributed by atoms with Gasteiger partial charge in [0.05, 0.1) is 17.8 Å². The van der Waals surface area contributed by atoms with Gasteiger partial charge < -0.3 is 35.0 Å². The molecule has 0 bridgehead atoms. The number of halogens is 3. The first kappa shape index (κ1) is 49.6. The van der Waals surface area contributed by atoms with Crippen molar-refractivity contribution in [1.82, 2.24) is 20.1 Å². The van der Waals surface area contributed by atoms with Crippen molar-refractivity contribution < 1.29 is 32.2 Å². The van der Waals surface area contributed by atoms with Crippen LogP contribution in [-0.4, -0.2) is 92.5 Å². The van der Waals surface area contributed by atoms with Crippen LogP contribution < -0.4 is 25.2 Å². The maximum atomic E-state index is 12.4. The molecule has 5 aliphatic rings. The van der Waals surface area contributed by atoms with Gasteiger partial charge in [0.2, 0.25) is 13.2 Å². The summed E-state index contributed by atoms with van der Waals surface area (Å²) < 4.78 is 50.9. The molecule has 3 heterocycles. The van der Waals surface area contributed by atoms with E-state index in [0.717, 1.165) is 83.9 Å². The number of benzene rings is 3. The van der Waals surface area contributed by atoms with Crippen LogP contribution in [0.15, 0.2) is 95.8 Å². The van der Waals surface area contributed by atoms with E-state index in [0.29, 0.717) is 32.0 Å². The zero-order valence-corrected chi connectivity index (χ0v) is 36.3. The van der Waals surface area contributed by atoms with Crippen molar-refractivity contribution >= 4 is 49.5 Å². The summed E-state index contributed by atoms with van der Waals surface area (Å²) in [4.78, 5) is 29.1. The maximum absolute atomic E-state index is 12.4. The molecule has 0 unspecified atom stereocenters. The Kier molecular flexibility index (Phi) is 20.4. The summed E-state index contributed by atoms with van der Waals surface area (Å²) in [6.45, 7) is 25.7. The van der Waals surface area contributed by atoms with Crippen LogP contribution in [-0.2, 0) is 35.2 Å². The van der Waals surface area contributed by atoms with Gasteiger partial charge >= 0.3 is 6.18 Å². The van der Waals surface area contributed by atoms with Crippen LogP contribution >= 0.6 is 11.9 Å². The van der Waals surface area contributed by atoms with Crippen molar-refractivity contribution in [3.63, 3.8) is 0 Å². The lowest BCUT2D eigenvalue weighted by atomic mass is 9.81. The summed E-state index contributed by atoms with van der Waals surface area (Å²) in [6.07, 6.45) is 2.87. The number of rotatable bonds is 9. The van der Waals surface area contributed by atoms with Crippen LogP contribution in [0.5, 0.6) is 11.5 Å². The smallest absolute Gasteiger partial charge is 0.416 e. The SMILES string of the molecule is C=C.C=Cc1ccccc1NSC1CC1.C=NCc1ccc2c(c1)OCO2.C=NN1CNC(CC)=C(N2CCN(C)CC2)C1=O.Cc1ccc(C(F)(F)F)c2c1CC2.NC=O. The predicted molar refractivity (Wildman–Crippen MR) is 242 cm³/mol. The Morgan fingerprint density at radius 2 is 1.66 bits per heavy atom. The number of allylic oxidation sites excluding steroid dienone is 1. The van der Waals surface area contributed by atoms with E-state index in [1.807, 2.05) is 55.3 Å². The largest absolute Gasteiger partial charge is 0.454 e. The first-order valence-electron chi connectivity index (χ1n) is 19.9. The highest BCUT2D eigenvalue weighted by Crippen LogP contribution is 2.39. The number of hydrogen-bond donors (Lipinski definition) is 3. The van der Waals surface area contributed by atoms with Crippen molar-refractivity contribution in [3.05, 3.63) is 119 Å². The third-order valence-corrected chi connectivity index (χ3v) is 11.0. The van der Waals surface area contributed by atoms with E-state index in [2.05, 4.69) is 94.9 Å². The lowest BCUT2D eigenvalue weighted by Crippen LogP contribution is -2.51. The van der Waals surface area contributed by atoms with Gasteiger partial charge in [0.25, 0.3) is 5.91 Å². The molecule has 3 aromatic rings. The van der Waals surface area contributed by atoms with Crippen molar-refractivity contribution in [1.29, 1.82) is 0 Å². The second kappa shape index (κ2) is 25.1. The number of ether oxygens (including phenoxy) is 2. The Bertz CT molecular complexity index is 1970. The van der Waals surface area contributed by atoms with Crippen molar-refractivity contribution in [2.45, 2.75) is 63.9 Å². The van der Waals surface area contributed by atoms with E-state index < -0.39 is 11.7 Å². The molecule has 16 heteroatoms. The minimum Gasteiger partial charge on any atom is -0.454 e. The van der Waals surface area contributed by atoms with Crippen molar-refractivity contribution in [2.24, 2.45) is 15.8 Å². The second-order valence-electron chi connectivity index (χ2n) is 14.0.